The van der Waals surface area contributed by atoms with E-state index in [-0.39, 0.29) is 39.2 Å². The van der Waals surface area contributed by atoms with E-state index in [1.807, 2.05) is 41.4 Å². The lowest BCUT2D eigenvalue weighted by atomic mass is 9.98. The minimum absolute atomic E-state index is 0.0619. The molecule has 9 rings (SSSR count). The first kappa shape index (κ1) is 58.1. The molecule has 25 heteroatoms. The third-order valence-corrected chi connectivity index (χ3v) is 13.9. The van der Waals surface area contributed by atoms with E-state index in [2.05, 4.69) is 47.4 Å². The molecule has 0 bridgehead atoms. The maximum absolute atomic E-state index is 13.2. The van der Waals surface area contributed by atoms with E-state index in [0.717, 1.165) is 68.6 Å². The molecule has 1 N–H and O–H groups in total. The summed E-state index contributed by atoms with van der Waals surface area (Å²) in [5, 5.41) is 0.468. The molecule has 3 saturated heterocycles. The number of nitrogens with zero attached hydrogens (tertiary/aromatic N) is 8. The largest absolute Gasteiger partial charge is 0.418 e. The van der Waals surface area contributed by atoms with E-state index in [9.17, 15) is 39.5 Å². The van der Waals surface area contributed by atoms with Gasteiger partial charge in [0.15, 0.2) is 5.15 Å². The fourth-order valence-electron chi connectivity index (χ4n) is 8.23. The predicted octanol–water partition coefficient (Wildman–Crippen LogP) is 17.0. The van der Waals surface area contributed by atoms with Gasteiger partial charge in [0.25, 0.3) is 0 Å². The van der Waals surface area contributed by atoms with Gasteiger partial charge in [-0.15, -0.1) is 0 Å². The number of nitrogens with one attached hydrogen (secondary N) is 1. The van der Waals surface area contributed by atoms with E-state index >= 15 is 0 Å². The van der Waals surface area contributed by atoms with Gasteiger partial charge in [-0.05, 0) is 113 Å². The Labute approximate surface area is 449 Å². The van der Waals surface area contributed by atoms with Crippen molar-refractivity contribution >= 4 is 92.8 Å². The number of aromatic nitrogens is 6. The summed E-state index contributed by atoms with van der Waals surface area (Å²) in [6.45, 7) is 2.27. The molecule has 3 aliphatic heterocycles. The Kier molecular flexibility index (Phi) is 20.8. The maximum atomic E-state index is 13.2. The zero-order chi connectivity index (χ0) is 53.1. The predicted molar refractivity (Wildman–Crippen MR) is 268 cm³/mol. The van der Waals surface area contributed by atoms with E-state index in [1.54, 1.807) is 29.4 Å². The maximum Gasteiger partial charge on any atom is 0.418 e. The Bertz CT molecular complexity index is 2710. The van der Waals surface area contributed by atoms with Crippen LogP contribution in [-0.2, 0) is 18.5 Å². The topological polar surface area (TPSA) is 95.9 Å². The van der Waals surface area contributed by atoms with Gasteiger partial charge in [0.2, 0.25) is 0 Å². The highest BCUT2D eigenvalue weighted by Gasteiger charge is 2.39. The first-order chi connectivity index (χ1) is 34.5. The summed E-state index contributed by atoms with van der Waals surface area (Å²) in [4.78, 5) is 28.1. The van der Waals surface area contributed by atoms with Crippen LogP contribution in [-0.4, -0.2) is 49.5 Å². The minimum Gasteiger partial charge on any atom is -0.348 e. The van der Waals surface area contributed by atoms with E-state index in [0.29, 0.717) is 25.2 Å². The fraction of sp³-hybridized carbons (Fsp3) is 0.375. The lowest BCUT2D eigenvalue weighted by Gasteiger charge is -2.37. The first-order valence-corrected chi connectivity index (χ1v) is 25.1. The van der Waals surface area contributed by atoms with Gasteiger partial charge in [0.1, 0.15) is 27.1 Å². The van der Waals surface area contributed by atoms with Crippen LogP contribution in [0.1, 0.15) is 110 Å². The summed E-state index contributed by atoms with van der Waals surface area (Å²) < 4.78 is 116. The van der Waals surface area contributed by atoms with Gasteiger partial charge in [0.05, 0.1) is 60.9 Å². The molecule has 0 aliphatic carbocycles. The van der Waals surface area contributed by atoms with Crippen LogP contribution in [0.3, 0.4) is 0 Å². The average molecular weight is 1170 g/mol. The van der Waals surface area contributed by atoms with Crippen LogP contribution in [0.2, 0.25) is 35.7 Å². The van der Waals surface area contributed by atoms with Crippen LogP contribution >= 0.6 is 81.2 Å². The van der Waals surface area contributed by atoms with Gasteiger partial charge in [-0.25, -0.2) is 15.0 Å². The van der Waals surface area contributed by atoms with Crippen LogP contribution in [0.4, 0.5) is 51.1 Å². The molecule has 3 unspecified atom stereocenters. The summed E-state index contributed by atoms with van der Waals surface area (Å²) in [5.41, 5.74) is -0.243. The molecule has 392 valence electrons. The van der Waals surface area contributed by atoms with Crippen molar-refractivity contribution in [3.63, 3.8) is 0 Å². The number of hydrogen-bond donors (Lipinski definition) is 1. The molecule has 73 heavy (non-hydrogen) atoms. The second-order valence-electron chi connectivity index (χ2n) is 16.5. The number of pyridine rings is 6. The number of halogens is 16. The van der Waals surface area contributed by atoms with Crippen molar-refractivity contribution in [3.05, 3.63) is 161 Å². The van der Waals surface area contributed by atoms with E-state index in [4.69, 9.17) is 81.2 Å². The Morgan fingerprint density at radius 2 is 0.904 bits per heavy atom. The molecule has 0 amide bonds. The molecular weight excluding hydrogens is 1120 g/mol. The van der Waals surface area contributed by atoms with Crippen molar-refractivity contribution in [1.29, 1.82) is 0 Å². The Morgan fingerprint density at radius 1 is 0.466 bits per heavy atom. The van der Waals surface area contributed by atoms with Gasteiger partial charge < -0.3 is 15.1 Å². The number of hydrogen-bond acceptors (Lipinski definition) is 9. The molecule has 6 aromatic heterocycles. The van der Waals surface area contributed by atoms with Crippen molar-refractivity contribution < 1.29 is 39.5 Å². The van der Waals surface area contributed by atoms with Crippen LogP contribution < -0.4 is 15.1 Å². The number of piperidine rings is 3. The van der Waals surface area contributed by atoms with Crippen LogP contribution in [0.25, 0.3) is 0 Å². The molecule has 0 aromatic carbocycles. The number of anilines is 2. The molecule has 9 nitrogen and oxygen atoms in total. The second kappa shape index (κ2) is 26.1. The summed E-state index contributed by atoms with van der Waals surface area (Å²) >= 11 is 39.3. The number of rotatable bonds is 5. The van der Waals surface area contributed by atoms with Gasteiger partial charge >= 0.3 is 18.5 Å². The molecule has 0 saturated carbocycles. The zero-order valence-corrected chi connectivity index (χ0v) is 43.3. The molecule has 3 fully saturated rings. The van der Waals surface area contributed by atoms with Crippen LogP contribution in [0, 0.1) is 0 Å². The number of alkyl halides is 9. The molecule has 3 atom stereocenters. The molecule has 9 heterocycles. The fourth-order valence-corrected chi connectivity index (χ4v) is 9.76. The van der Waals surface area contributed by atoms with Crippen molar-refractivity contribution in [1.82, 2.24) is 35.2 Å². The molecule has 0 radical (unpaired) electrons. The third-order valence-electron chi connectivity index (χ3n) is 11.6. The lowest BCUT2D eigenvalue weighted by Crippen LogP contribution is -2.35. The SMILES string of the molecule is FC(F)(F)c1cc(Cl)nc(Cl)c1Cl.FC(F)(F)c1cc(Cl)nc(N2CCCCC2c2ccccn2)c1Cl.FC(F)(F)c1cc(N2CCCCC2c2ccccn2)nc(Cl)c1Cl.c1ccc(C2CCCCN2)nc1. The van der Waals surface area contributed by atoms with Gasteiger partial charge in [-0.1, -0.05) is 106 Å². The van der Waals surface area contributed by atoms with Crippen LogP contribution in [0.15, 0.2) is 91.4 Å². The first-order valence-electron chi connectivity index (χ1n) is 22.5. The normalized spacial score (nSPS) is 18.3. The Hall–Kier alpha value is -4.14. The molecule has 6 aromatic rings. The quantitative estimate of drug-likeness (QED) is 0.134. The van der Waals surface area contributed by atoms with Crippen LogP contribution in [0.5, 0.6) is 0 Å². The Morgan fingerprint density at radius 3 is 1.38 bits per heavy atom. The van der Waals surface area contributed by atoms with Crippen molar-refractivity contribution in [2.45, 2.75) is 94.4 Å². The minimum atomic E-state index is -4.59. The van der Waals surface area contributed by atoms with E-state index < -0.39 is 55.4 Å². The second-order valence-corrected chi connectivity index (χ2v) is 19.2. The smallest absolute Gasteiger partial charge is 0.348 e. The highest BCUT2D eigenvalue weighted by Crippen LogP contribution is 2.45. The van der Waals surface area contributed by atoms with Gasteiger partial charge in [-0.2, -0.15) is 39.5 Å². The van der Waals surface area contributed by atoms with Crippen molar-refractivity contribution in [2.24, 2.45) is 0 Å². The van der Waals surface area contributed by atoms with Gasteiger partial charge in [-0.3, -0.25) is 15.0 Å². The molecule has 3 aliphatic rings. The third kappa shape index (κ3) is 15.9. The van der Waals surface area contributed by atoms with Crippen molar-refractivity contribution in [2.75, 3.05) is 29.4 Å². The van der Waals surface area contributed by atoms with E-state index in [1.165, 1.54) is 25.0 Å². The standard InChI is InChI=1S/2C16H14Cl2F3N3.C10H14N2.C6HCl3F3N/c17-14-10(16(19,20)21)9-13(23-15(14)18)24-8-4-2-6-12(24)11-5-1-3-7-22-11;17-13-9-10(16(19,20)21)14(18)15(23-13)24-8-4-2-6-12(24)11-5-1-3-7-22-11;1-3-7-11-9(5-1)10-6-2-4-8-12-10;7-3-1-2(6(10,11)12)4(8)5(9)13-3/h2*1,3,5,7,9,12H,2,4,6,8H2;1,3,5,7,10,12H,2,4,6,8H2;1H. The van der Waals surface area contributed by atoms with Gasteiger partial charge in [0, 0.05) is 37.7 Å². The zero-order valence-electron chi connectivity index (χ0n) is 38.0. The average Bonchev–Trinajstić information content (AvgIpc) is 3.37. The molecular formula is C48H43Cl7F9N9. The highest BCUT2D eigenvalue weighted by molar-refractivity contribution is 6.42. The monoisotopic (exact) mass is 1160 g/mol. The summed E-state index contributed by atoms with van der Waals surface area (Å²) in [6.07, 6.45) is 0.525. The summed E-state index contributed by atoms with van der Waals surface area (Å²) in [7, 11) is 0. The Balaban J connectivity index is 0.000000166. The molecule has 0 spiro atoms. The van der Waals surface area contributed by atoms with Crippen molar-refractivity contribution in [3.8, 4) is 0 Å². The summed E-state index contributed by atoms with van der Waals surface area (Å²) in [5.74, 6) is 0.235. The lowest BCUT2D eigenvalue weighted by molar-refractivity contribution is -0.138. The highest BCUT2D eigenvalue weighted by atomic mass is 35.5. The summed E-state index contributed by atoms with van der Waals surface area (Å²) in [6, 6.07) is 19.7.